The number of ether oxygens (including phenoxy) is 1. The number of hydrogen-bond donors (Lipinski definition) is 1. The summed E-state index contributed by atoms with van der Waals surface area (Å²) in [4.78, 5) is 11.7. The van der Waals surface area contributed by atoms with Gasteiger partial charge in [0.05, 0.1) is 6.61 Å². The monoisotopic (exact) mass is 281 g/mol. The maximum absolute atomic E-state index is 12.7. The van der Waals surface area contributed by atoms with Gasteiger partial charge in [0.15, 0.2) is 0 Å². The molecule has 1 rings (SSSR count). The van der Waals surface area contributed by atoms with Crippen LogP contribution in [-0.2, 0) is 4.79 Å². The summed E-state index contributed by atoms with van der Waals surface area (Å²) in [7, 11) is 0. The minimum absolute atomic E-state index is 0.130. The van der Waals surface area contributed by atoms with Crippen molar-refractivity contribution in [3.05, 3.63) is 30.1 Å². The molecule has 0 atom stereocenters. The van der Waals surface area contributed by atoms with Gasteiger partial charge in [-0.05, 0) is 49.9 Å². The van der Waals surface area contributed by atoms with Gasteiger partial charge >= 0.3 is 0 Å². The number of benzene rings is 1. The van der Waals surface area contributed by atoms with E-state index < -0.39 is 0 Å². The van der Waals surface area contributed by atoms with Gasteiger partial charge in [-0.1, -0.05) is 13.8 Å². The Labute approximate surface area is 120 Å². The van der Waals surface area contributed by atoms with Crippen LogP contribution in [0.25, 0.3) is 0 Å². The molecule has 112 valence electrons. The number of amides is 1. The zero-order valence-corrected chi connectivity index (χ0v) is 12.3. The van der Waals surface area contributed by atoms with E-state index in [1.54, 1.807) is 12.1 Å². The Hall–Kier alpha value is -1.58. The quantitative estimate of drug-likeness (QED) is 0.703. The highest BCUT2D eigenvalue weighted by molar-refractivity contribution is 5.78. The van der Waals surface area contributed by atoms with Crippen molar-refractivity contribution in [2.24, 2.45) is 5.92 Å². The van der Waals surface area contributed by atoms with E-state index in [0.29, 0.717) is 18.9 Å². The SMILES string of the molecule is CCC(CC)C(=O)NCCCCOc1ccc(F)cc1. The number of carbonyl (C=O) groups excluding carboxylic acids is 1. The second-order valence-electron chi connectivity index (χ2n) is 4.81. The Morgan fingerprint density at radius 3 is 2.45 bits per heavy atom. The highest BCUT2D eigenvalue weighted by Gasteiger charge is 2.12. The van der Waals surface area contributed by atoms with E-state index in [4.69, 9.17) is 4.74 Å². The molecule has 0 heterocycles. The van der Waals surface area contributed by atoms with Crippen molar-refractivity contribution >= 4 is 5.91 Å². The van der Waals surface area contributed by atoms with Gasteiger partial charge in [0.25, 0.3) is 0 Å². The van der Waals surface area contributed by atoms with Gasteiger partial charge in [0, 0.05) is 12.5 Å². The van der Waals surface area contributed by atoms with Gasteiger partial charge in [0.1, 0.15) is 11.6 Å². The Morgan fingerprint density at radius 1 is 1.20 bits per heavy atom. The van der Waals surface area contributed by atoms with E-state index in [1.165, 1.54) is 12.1 Å². The van der Waals surface area contributed by atoms with Crippen LogP contribution < -0.4 is 10.1 Å². The summed E-state index contributed by atoms with van der Waals surface area (Å²) in [5, 5.41) is 2.95. The van der Waals surface area contributed by atoms with Crippen LogP contribution in [0.1, 0.15) is 39.5 Å². The first kappa shape index (κ1) is 16.5. The third-order valence-corrected chi connectivity index (χ3v) is 3.31. The topological polar surface area (TPSA) is 38.3 Å². The van der Waals surface area contributed by atoms with Crippen LogP contribution in [0.3, 0.4) is 0 Å². The lowest BCUT2D eigenvalue weighted by molar-refractivity contribution is -0.125. The normalized spacial score (nSPS) is 10.6. The second-order valence-corrected chi connectivity index (χ2v) is 4.81. The van der Waals surface area contributed by atoms with Gasteiger partial charge in [-0.3, -0.25) is 4.79 Å². The number of nitrogens with one attached hydrogen (secondary N) is 1. The summed E-state index contributed by atoms with van der Waals surface area (Å²) in [6, 6.07) is 5.99. The summed E-state index contributed by atoms with van der Waals surface area (Å²) in [6.07, 6.45) is 3.51. The van der Waals surface area contributed by atoms with Crippen LogP contribution in [0, 0.1) is 11.7 Å². The van der Waals surface area contributed by atoms with Crippen molar-refractivity contribution in [1.82, 2.24) is 5.32 Å². The molecule has 1 N–H and O–H groups in total. The molecule has 0 aliphatic rings. The predicted molar refractivity (Wildman–Crippen MR) is 78.2 cm³/mol. The Balaban J connectivity index is 2.07. The van der Waals surface area contributed by atoms with Gasteiger partial charge in [-0.2, -0.15) is 0 Å². The maximum atomic E-state index is 12.7. The molecule has 1 amide bonds. The Bertz CT molecular complexity index is 388. The number of rotatable bonds is 9. The summed E-state index contributed by atoms with van der Waals surface area (Å²) in [5.74, 6) is 0.689. The molecule has 0 saturated carbocycles. The molecule has 0 aliphatic carbocycles. The van der Waals surface area contributed by atoms with Crippen molar-refractivity contribution in [3.8, 4) is 5.75 Å². The summed E-state index contributed by atoms with van der Waals surface area (Å²) < 4.78 is 18.2. The standard InChI is InChI=1S/C16H24FNO2/c1-3-13(4-2)16(19)18-11-5-6-12-20-15-9-7-14(17)8-10-15/h7-10,13H,3-6,11-12H2,1-2H3,(H,18,19). The molecule has 0 aromatic heterocycles. The van der Waals surface area contributed by atoms with Crippen LogP contribution in [0.15, 0.2) is 24.3 Å². The van der Waals surface area contributed by atoms with Crippen molar-refractivity contribution in [2.75, 3.05) is 13.2 Å². The molecule has 1 aromatic carbocycles. The van der Waals surface area contributed by atoms with Gasteiger partial charge in [-0.15, -0.1) is 0 Å². The second kappa shape index (κ2) is 9.34. The number of hydrogen-bond acceptors (Lipinski definition) is 2. The Kier molecular flexibility index (Phi) is 7.70. The highest BCUT2D eigenvalue weighted by Crippen LogP contribution is 2.11. The molecule has 0 radical (unpaired) electrons. The van der Waals surface area contributed by atoms with E-state index >= 15 is 0 Å². The van der Waals surface area contributed by atoms with Gasteiger partial charge in [0.2, 0.25) is 5.91 Å². The van der Waals surface area contributed by atoms with E-state index in [9.17, 15) is 9.18 Å². The zero-order valence-electron chi connectivity index (χ0n) is 12.3. The van der Waals surface area contributed by atoms with E-state index in [-0.39, 0.29) is 17.6 Å². The molecule has 0 unspecified atom stereocenters. The fraction of sp³-hybridized carbons (Fsp3) is 0.562. The summed E-state index contributed by atoms with van der Waals surface area (Å²) in [5.41, 5.74) is 0. The fourth-order valence-corrected chi connectivity index (χ4v) is 1.96. The first-order valence-corrected chi connectivity index (χ1v) is 7.33. The van der Waals surface area contributed by atoms with Crippen LogP contribution in [0.4, 0.5) is 4.39 Å². The first-order valence-electron chi connectivity index (χ1n) is 7.33. The molecular formula is C16H24FNO2. The molecule has 0 aliphatic heterocycles. The highest BCUT2D eigenvalue weighted by atomic mass is 19.1. The van der Waals surface area contributed by atoms with E-state index in [2.05, 4.69) is 5.32 Å². The average molecular weight is 281 g/mol. The van der Waals surface area contributed by atoms with E-state index in [0.717, 1.165) is 25.7 Å². The van der Waals surface area contributed by atoms with E-state index in [1.807, 2.05) is 13.8 Å². The van der Waals surface area contributed by atoms with Crippen LogP contribution in [-0.4, -0.2) is 19.1 Å². The molecular weight excluding hydrogens is 257 g/mol. The van der Waals surface area contributed by atoms with Crippen LogP contribution in [0.5, 0.6) is 5.75 Å². The first-order chi connectivity index (χ1) is 9.67. The number of halogens is 1. The van der Waals surface area contributed by atoms with Crippen molar-refractivity contribution in [1.29, 1.82) is 0 Å². The predicted octanol–water partition coefficient (Wildman–Crippen LogP) is 3.54. The largest absolute Gasteiger partial charge is 0.494 e. The minimum Gasteiger partial charge on any atom is -0.494 e. The zero-order chi connectivity index (χ0) is 14.8. The number of carbonyl (C=O) groups is 1. The van der Waals surface area contributed by atoms with Crippen LogP contribution >= 0.6 is 0 Å². The average Bonchev–Trinajstić information content (AvgIpc) is 2.46. The van der Waals surface area contributed by atoms with Gasteiger partial charge < -0.3 is 10.1 Å². The fourth-order valence-electron chi connectivity index (χ4n) is 1.96. The molecule has 1 aromatic rings. The molecule has 0 fully saturated rings. The molecule has 4 heteroatoms. The van der Waals surface area contributed by atoms with Crippen LogP contribution in [0.2, 0.25) is 0 Å². The van der Waals surface area contributed by atoms with Gasteiger partial charge in [-0.25, -0.2) is 4.39 Å². The minimum atomic E-state index is -0.263. The lowest BCUT2D eigenvalue weighted by Crippen LogP contribution is -2.31. The van der Waals surface area contributed by atoms with Crippen molar-refractivity contribution in [2.45, 2.75) is 39.5 Å². The molecule has 0 saturated heterocycles. The third kappa shape index (κ3) is 6.04. The third-order valence-electron chi connectivity index (χ3n) is 3.31. The summed E-state index contributed by atoms with van der Waals surface area (Å²) in [6.45, 7) is 5.32. The molecule has 3 nitrogen and oxygen atoms in total. The number of unbranched alkanes of at least 4 members (excludes halogenated alkanes) is 1. The maximum Gasteiger partial charge on any atom is 0.223 e. The lowest BCUT2D eigenvalue weighted by atomic mass is 10.0. The molecule has 20 heavy (non-hydrogen) atoms. The Morgan fingerprint density at radius 2 is 1.85 bits per heavy atom. The van der Waals surface area contributed by atoms with Crippen molar-refractivity contribution < 1.29 is 13.9 Å². The smallest absolute Gasteiger partial charge is 0.223 e. The van der Waals surface area contributed by atoms with Crippen molar-refractivity contribution in [3.63, 3.8) is 0 Å². The lowest BCUT2D eigenvalue weighted by Gasteiger charge is -2.12. The molecule has 0 bridgehead atoms. The summed E-state index contributed by atoms with van der Waals surface area (Å²) >= 11 is 0. The molecule has 0 spiro atoms.